The molecule has 20 heavy (non-hydrogen) atoms. The zero-order valence-electron chi connectivity index (χ0n) is 11.7. The van der Waals surface area contributed by atoms with E-state index in [9.17, 15) is 0 Å². The maximum atomic E-state index is 6.01. The van der Waals surface area contributed by atoms with Gasteiger partial charge in [-0.15, -0.1) is 0 Å². The molecule has 2 aromatic heterocycles. The average Bonchev–Trinajstić information content (AvgIpc) is 2.44. The summed E-state index contributed by atoms with van der Waals surface area (Å²) in [5.74, 6) is 2.24. The molecule has 2 rings (SSSR count). The Hall–Kier alpha value is -1.88. The molecule has 0 aliphatic rings. The van der Waals surface area contributed by atoms with Gasteiger partial charge < -0.3 is 10.1 Å². The van der Waals surface area contributed by atoms with E-state index >= 15 is 0 Å². The van der Waals surface area contributed by atoms with Gasteiger partial charge in [-0.25, -0.2) is 15.0 Å². The van der Waals surface area contributed by atoms with Crippen molar-refractivity contribution in [3.63, 3.8) is 0 Å². The molecule has 2 heterocycles. The summed E-state index contributed by atoms with van der Waals surface area (Å²) in [4.78, 5) is 12.8. The van der Waals surface area contributed by atoms with Crippen LogP contribution >= 0.6 is 11.6 Å². The fraction of sp³-hybridized carbons (Fsp3) is 0.357. The summed E-state index contributed by atoms with van der Waals surface area (Å²) < 4.78 is 5.21. The van der Waals surface area contributed by atoms with E-state index < -0.39 is 0 Å². The SMILES string of the molecule is COc1ncccc1CNc1cc(Cl)nc(C(C)C)n1. The van der Waals surface area contributed by atoms with Crippen molar-refractivity contribution < 1.29 is 4.74 Å². The molecule has 0 radical (unpaired) electrons. The number of pyridine rings is 1. The molecule has 6 heteroatoms. The van der Waals surface area contributed by atoms with Crippen molar-refractivity contribution in [2.75, 3.05) is 12.4 Å². The third kappa shape index (κ3) is 3.57. The van der Waals surface area contributed by atoms with E-state index in [-0.39, 0.29) is 5.92 Å². The number of hydrogen-bond donors (Lipinski definition) is 1. The standard InChI is InChI=1S/C14H17ClN4O/c1-9(2)13-18-11(15)7-12(19-13)17-8-10-5-4-6-16-14(10)20-3/h4-7,9H,8H2,1-3H3,(H,17,18,19). The molecule has 0 spiro atoms. The highest BCUT2D eigenvalue weighted by atomic mass is 35.5. The van der Waals surface area contributed by atoms with E-state index in [0.717, 1.165) is 11.4 Å². The summed E-state index contributed by atoms with van der Waals surface area (Å²) in [5, 5.41) is 3.65. The second-order valence-electron chi connectivity index (χ2n) is 4.61. The molecule has 2 aromatic rings. The maximum absolute atomic E-state index is 6.01. The number of methoxy groups -OCH3 is 1. The number of nitrogens with one attached hydrogen (secondary N) is 1. The molecule has 0 aliphatic carbocycles. The van der Waals surface area contributed by atoms with E-state index in [1.807, 2.05) is 26.0 Å². The van der Waals surface area contributed by atoms with Crippen LogP contribution < -0.4 is 10.1 Å². The normalized spacial score (nSPS) is 10.7. The number of nitrogens with zero attached hydrogens (tertiary/aromatic N) is 3. The van der Waals surface area contributed by atoms with Crippen molar-refractivity contribution in [1.29, 1.82) is 0 Å². The molecule has 0 atom stereocenters. The van der Waals surface area contributed by atoms with Gasteiger partial charge in [0.05, 0.1) is 7.11 Å². The van der Waals surface area contributed by atoms with Crippen LogP contribution in [0.15, 0.2) is 24.4 Å². The minimum atomic E-state index is 0.224. The molecule has 106 valence electrons. The van der Waals surface area contributed by atoms with Gasteiger partial charge in [0, 0.05) is 30.3 Å². The molecule has 0 saturated heterocycles. The lowest BCUT2D eigenvalue weighted by Gasteiger charge is -2.11. The lowest BCUT2D eigenvalue weighted by atomic mass is 10.2. The number of rotatable bonds is 5. The van der Waals surface area contributed by atoms with Gasteiger partial charge in [-0.3, -0.25) is 0 Å². The highest BCUT2D eigenvalue weighted by Crippen LogP contribution is 2.19. The smallest absolute Gasteiger partial charge is 0.218 e. The third-order valence-corrected chi connectivity index (χ3v) is 2.93. The largest absolute Gasteiger partial charge is 0.481 e. The average molecular weight is 293 g/mol. The predicted octanol–water partition coefficient (Wildman–Crippen LogP) is 3.27. The van der Waals surface area contributed by atoms with Crippen LogP contribution in [0.25, 0.3) is 0 Å². The molecule has 5 nitrogen and oxygen atoms in total. The highest BCUT2D eigenvalue weighted by Gasteiger charge is 2.08. The van der Waals surface area contributed by atoms with Crippen LogP contribution in [0.2, 0.25) is 5.15 Å². The Morgan fingerprint density at radius 1 is 1.35 bits per heavy atom. The fourth-order valence-electron chi connectivity index (χ4n) is 1.71. The first-order valence-corrected chi connectivity index (χ1v) is 6.74. The van der Waals surface area contributed by atoms with Gasteiger partial charge in [-0.05, 0) is 6.07 Å². The number of halogens is 1. The maximum Gasteiger partial charge on any atom is 0.218 e. The van der Waals surface area contributed by atoms with Gasteiger partial charge in [0.2, 0.25) is 5.88 Å². The Morgan fingerprint density at radius 3 is 2.85 bits per heavy atom. The van der Waals surface area contributed by atoms with Crippen molar-refractivity contribution >= 4 is 17.4 Å². The minimum absolute atomic E-state index is 0.224. The first kappa shape index (κ1) is 14.5. The van der Waals surface area contributed by atoms with Gasteiger partial charge >= 0.3 is 0 Å². The fourth-order valence-corrected chi connectivity index (χ4v) is 1.90. The van der Waals surface area contributed by atoms with Gasteiger partial charge in [0.25, 0.3) is 0 Å². The van der Waals surface area contributed by atoms with Crippen molar-refractivity contribution in [2.45, 2.75) is 26.3 Å². The topological polar surface area (TPSA) is 59.9 Å². The van der Waals surface area contributed by atoms with Gasteiger partial charge in [-0.1, -0.05) is 31.5 Å². The number of ether oxygens (including phenoxy) is 1. The summed E-state index contributed by atoms with van der Waals surface area (Å²) >= 11 is 6.01. The zero-order chi connectivity index (χ0) is 14.5. The van der Waals surface area contributed by atoms with E-state index in [2.05, 4.69) is 20.3 Å². The van der Waals surface area contributed by atoms with Crippen molar-refractivity contribution in [3.05, 3.63) is 40.9 Å². The van der Waals surface area contributed by atoms with Gasteiger partial charge in [0.15, 0.2) is 0 Å². The Balaban J connectivity index is 2.14. The lowest BCUT2D eigenvalue weighted by Crippen LogP contribution is -2.07. The third-order valence-electron chi connectivity index (χ3n) is 2.73. The van der Waals surface area contributed by atoms with Crippen LogP contribution in [-0.4, -0.2) is 22.1 Å². The highest BCUT2D eigenvalue weighted by molar-refractivity contribution is 6.29. The van der Waals surface area contributed by atoms with Crippen LogP contribution in [0.3, 0.4) is 0 Å². The molecule has 0 unspecified atom stereocenters. The first-order chi connectivity index (χ1) is 9.60. The molecule has 0 amide bonds. The van der Waals surface area contributed by atoms with Crippen LogP contribution in [0, 0.1) is 0 Å². The Kier molecular flexibility index (Phi) is 4.74. The number of anilines is 1. The van der Waals surface area contributed by atoms with E-state index in [1.54, 1.807) is 19.4 Å². The molecular formula is C14H17ClN4O. The van der Waals surface area contributed by atoms with E-state index in [0.29, 0.717) is 23.4 Å². The van der Waals surface area contributed by atoms with Crippen molar-refractivity contribution in [3.8, 4) is 5.88 Å². The van der Waals surface area contributed by atoms with Gasteiger partial charge in [-0.2, -0.15) is 0 Å². The molecule has 0 aliphatic heterocycles. The monoisotopic (exact) mass is 292 g/mol. The van der Waals surface area contributed by atoms with E-state index in [4.69, 9.17) is 16.3 Å². The predicted molar refractivity (Wildman–Crippen MR) is 79.2 cm³/mol. The van der Waals surface area contributed by atoms with Crippen LogP contribution in [-0.2, 0) is 6.54 Å². The molecule has 1 N–H and O–H groups in total. The second-order valence-corrected chi connectivity index (χ2v) is 5.00. The van der Waals surface area contributed by atoms with Crippen LogP contribution in [0.4, 0.5) is 5.82 Å². The molecule has 0 bridgehead atoms. The second kappa shape index (κ2) is 6.52. The summed E-state index contributed by atoms with van der Waals surface area (Å²) in [6.07, 6.45) is 1.70. The Labute approximate surface area is 123 Å². The zero-order valence-corrected chi connectivity index (χ0v) is 12.5. The molecule has 0 saturated carbocycles. The molecule has 0 fully saturated rings. The van der Waals surface area contributed by atoms with Crippen LogP contribution in [0.1, 0.15) is 31.2 Å². The first-order valence-electron chi connectivity index (χ1n) is 6.36. The van der Waals surface area contributed by atoms with Crippen molar-refractivity contribution in [1.82, 2.24) is 15.0 Å². The van der Waals surface area contributed by atoms with Crippen molar-refractivity contribution in [2.24, 2.45) is 0 Å². The summed E-state index contributed by atoms with van der Waals surface area (Å²) in [7, 11) is 1.60. The van der Waals surface area contributed by atoms with Crippen LogP contribution in [0.5, 0.6) is 5.88 Å². The summed E-state index contributed by atoms with van der Waals surface area (Å²) in [6, 6.07) is 5.52. The molecular weight excluding hydrogens is 276 g/mol. The summed E-state index contributed by atoms with van der Waals surface area (Å²) in [6.45, 7) is 4.61. The number of hydrogen-bond acceptors (Lipinski definition) is 5. The quantitative estimate of drug-likeness (QED) is 0.857. The van der Waals surface area contributed by atoms with E-state index in [1.165, 1.54) is 0 Å². The van der Waals surface area contributed by atoms with Gasteiger partial charge in [0.1, 0.15) is 16.8 Å². The summed E-state index contributed by atoms with van der Waals surface area (Å²) in [5.41, 5.74) is 0.954. The Bertz CT molecular complexity index is 589. The minimum Gasteiger partial charge on any atom is -0.481 e. The lowest BCUT2D eigenvalue weighted by molar-refractivity contribution is 0.393. The number of aromatic nitrogens is 3. The molecule has 0 aromatic carbocycles. The Morgan fingerprint density at radius 2 is 2.15 bits per heavy atom.